The molecular weight excluding hydrogens is 480 g/mol. The van der Waals surface area contributed by atoms with Crippen LogP contribution in [0.1, 0.15) is 52.1 Å². The van der Waals surface area contributed by atoms with Gasteiger partial charge < -0.3 is 35.3 Å². The summed E-state index contributed by atoms with van der Waals surface area (Å²) in [6.45, 7) is 3.52. The Bertz CT molecular complexity index is 1240. The summed E-state index contributed by atoms with van der Waals surface area (Å²) in [7, 11) is -2.25. The fraction of sp³-hybridized carbons (Fsp3) is 0.333. The van der Waals surface area contributed by atoms with Crippen molar-refractivity contribution in [1.29, 1.82) is 0 Å². The van der Waals surface area contributed by atoms with Crippen LogP contribution in [0.25, 0.3) is 0 Å². The Kier molecular flexibility index (Phi) is 8.08. The number of hydrogen-bond acceptors (Lipinski definition) is 8. The highest BCUT2D eigenvalue weighted by molar-refractivity contribution is 6.62. The fourth-order valence-electron chi connectivity index (χ4n) is 4.20. The Hall–Kier alpha value is -3.51. The zero-order valence-corrected chi connectivity index (χ0v) is 20.4. The summed E-state index contributed by atoms with van der Waals surface area (Å²) in [4.78, 5) is 50.3. The molecule has 0 radical (unpaired) electrons. The zero-order chi connectivity index (χ0) is 26.7. The summed E-state index contributed by atoms with van der Waals surface area (Å²) in [6.07, 6.45) is 0.120. The molecule has 2 heterocycles. The predicted octanol–water partition coefficient (Wildman–Crippen LogP) is -1.87. The summed E-state index contributed by atoms with van der Waals surface area (Å²) >= 11 is 0. The maximum absolute atomic E-state index is 13.1. The number of carbonyl (C=O) groups is 4. The smallest absolute Gasteiger partial charge is 0.423 e. The van der Waals surface area contributed by atoms with Crippen LogP contribution < -0.4 is 26.9 Å². The van der Waals surface area contributed by atoms with Gasteiger partial charge in [0.15, 0.2) is 0 Å². The van der Waals surface area contributed by atoms with Crippen molar-refractivity contribution in [3.05, 3.63) is 58.7 Å². The second kappa shape index (κ2) is 11.3. The minimum absolute atomic E-state index is 0.0757. The monoisotopic (exact) mass is 507 g/mol. The van der Waals surface area contributed by atoms with Crippen LogP contribution in [0.2, 0.25) is 0 Å². The molecule has 3 amide bonds. The average Bonchev–Trinajstić information content (AvgIpc) is 3.43. The lowest BCUT2D eigenvalue weighted by atomic mass is 9.78. The van der Waals surface area contributed by atoms with Crippen LogP contribution >= 0.6 is 0 Å². The number of hydrogen-bond donors (Lipinski definition) is 5. The minimum Gasteiger partial charge on any atom is -0.423 e. The van der Waals surface area contributed by atoms with Gasteiger partial charge in [0.25, 0.3) is 11.8 Å². The van der Waals surface area contributed by atoms with Crippen molar-refractivity contribution in [3.8, 4) is 0 Å². The van der Waals surface area contributed by atoms with E-state index in [0.29, 0.717) is 10.9 Å². The lowest BCUT2D eigenvalue weighted by molar-refractivity contribution is -0.123. The van der Waals surface area contributed by atoms with Crippen molar-refractivity contribution < 1.29 is 38.5 Å². The van der Waals surface area contributed by atoms with Crippen LogP contribution in [0.5, 0.6) is 0 Å². The standard InChI is InChI=1S/C24H27B2N3O8/c1-13(30)7-8-27-24(33)21(29-23(32)16-4-6-18-12-37-26(35)20(18)10-16)14(2)28-22(31)15-3-5-17-11-36-25(34)19(17)9-15/h3-6,9-10,14,21,34-35H,7-8,11-12H2,1-2H3,(H,27,33)(H,28,31)(H,29,32)/t14-,21-/m0/s1. The van der Waals surface area contributed by atoms with Crippen LogP contribution in [0.4, 0.5) is 0 Å². The number of fused-ring (bicyclic) bond motifs is 2. The number of amides is 3. The molecule has 0 saturated heterocycles. The normalized spacial score (nSPS) is 15.5. The van der Waals surface area contributed by atoms with E-state index < -0.39 is 44.0 Å². The van der Waals surface area contributed by atoms with Gasteiger partial charge in [-0.1, -0.05) is 12.1 Å². The topological polar surface area (TPSA) is 163 Å². The van der Waals surface area contributed by atoms with Crippen LogP contribution in [0.3, 0.4) is 0 Å². The third kappa shape index (κ3) is 6.08. The van der Waals surface area contributed by atoms with Gasteiger partial charge in [0.1, 0.15) is 11.8 Å². The Balaban J connectivity index is 1.50. The summed E-state index contributed by atoms with van der Waals surface area (Å²) in [5, 5.41) is 27.9. The molecule has 2 aliphatic rings. The quantitative estimate of drug-likeness (QED) is 0.247. The molecule has 2 aromatic rings. The van der Waals surface area contributed by atoms with E-state index in [1.807, 2.05) is 0 Å². The Morgan fingerprint density at radius 2 is 1.41 bits per heavy atom. The molecule has 0 saturated carbocycles. The summed E-state index contributed by atoms with van der Waals surface area (Å²) in [5.74, 6) is -1.79. The van der Waals surface area contributed by atoms with Gasteiger partial charge in [-0.25, -0.2) is 0 Å². The summed E-state index contributed by atoms with van der Waals surface area (Å²) in [6, 6.07) is 7.47. The van der Waals surface area contributed by atoms with Crippen molar-refractivity contribution in [3.63, 3.8) is 0 Å². The first-order valence-corrected chi connectivity index (χ1v) is 11.9. The molecule has 0 aromatic heterocycles. The molecule has 13 heteroatoms. The lowest BCUT2D eigenvalue weighted by Gasteiger charge is -2.25. The van der Waals surface area contributed by atoms with Crippen LogP contribution in [-0.2, 0) is 32.1 Å². The van der Waals surface area contributed by atoms with E-state index in [9.17, 15) is 29.2 Å². The number of benzene rings is 2. The molecule has 4 rings (SSSR count). The van der Waals surface area contributed by atoms with Crippen molar-refractivity contribution in [1.82, 2.24) is 16.0 Å². The SMILES string of the molecule is CC(=O)CCNC(=O)[C@@H](NC(=O)c1ccc2c(c1)B(O)OC2)[C@H](C)NC(=O)c1ccc2c(c1)B(O)OC2. The van der Waals surface area contributed by atoms with Crippen molar-refractivity contribution >= 4 is 48.7 Å². The van der Waals surface area contributed by atoms with Crippen LogP contribution in [0, 0.1) is 0 Å². The first kappa shape index (κ1) is 26.6. The molecule has 2 aromatic carbocycles. The largest absolute Gasteiger partial charge is 0.491 e. The molecule has 192 valence electrons. The van der Waals surface area contributed by atoms with Gasteiger partial charge >= 0.3 is 14.2 Å². The molecule has 5 N–H and O–H groups in total. The predicted molar refractivity (Wildman–Crippen MR) is 134 cm³/mol. The third-order valence-electron chi connectivity index (χ3n) is 6.35. The number of rotatable bonds is 9. The highest BCUT2D eigenvalue weighted by Gasteiger charge is 2.32. The number of Topliss-reactive ketones (excluding diaryl/α,β-unsaturated/α-hetero) is 1. The van der Waals surface area contributed by atoms with Gasteiger partial charge in [-0.3, -0.25) is 19.2 Å². The first-order valence-electron chi connectivity index (χ1n) is 11.9. The number of carbonyl (C=O) groups excluding carboxylic acids is 4. The van der Waals surface area contributed by atoms with Gasteiger partial charge in [-0.15, -0.1) is 0 Å². The maximum Gasteiger partial charge on any atom is 0.491 e. The summed E-state index contributed by atoms with van der Waals surface area (Å²) < 4.78 is 10.3. The Morgan fingerprint density at radius 3 is 1.92 bits per heavy atom. The average molecular weight is 507 g/mol. The van der Waals surface area contributed by atoms with E-state index in [1.165, 1.54) is 19.1 Å². The highest BCUT2D eigenvalue weighted by atomic mass is 16.5. The molecule has 11 nitrogen and oxygen atoms in total. The lowest BCUT2D eigenvalue weighted by Crippen LogP contribution is -2.57. The highest BCUT2D eigenvalue weighted by Crippen LogP contribution is 2.13. The molecule has 2 atom stereocenters. The Labute approximate surface area is 214 Å². The molecule has 0 spiro atoms. The van der Waals surface area contributed by atoms with Gasteiger partial charge in [-0.2, -0.15) is 0 Å². The second-order valence-corrected chi connectivity index (χ2v) is 9.11. The van der Waals surface area contributed by atoms with Gasteiger partial charge in [-0.05, 0) is 60.2 Å². The van der Waals surface area contributed by atoms with Gasteiger partial charge in [0.05, 0.1) is 19.3 Å². The first-order chi connectivity index (χ1) is 17.6. The third-order valence-corrected chi connectivity index (χ3v) is 6.35. The summed E-state index contributed by atoms with van der Waals surface area (Å²) in [5.41, 5.74) is 2.96. The van der Waals surface area contributed by atoms with Crippen LogP contribution in [-0.4, -0.2) is 66.4 Å². The van der Waals surface area contributed by atoms with E-state index in [2.05, 4.69) is 16.0 Å². The Morgan fingerprint density at radius 1 is 0.892 bits per heavy atom. The van der Waals surface area contributed by atoms with Crippen LogP contribution in [0.15, 0.2) is 36.4 Å². The molecule has 0 bridgehead atoms. The zero-order valence-electron chi connectivity index (χ0n) is 20.4. The van der Waals surface area contributed by atoms with E-state index in [0.717, 1.165) is 11.1 Å². The molecular formula is C24H27B2N3O8. The molecule has 37 heavy (non-hydrogen) atoms. The van der Waals surface area contributed by atoms with Crippen molar-refractivity contribution in [2.45, 2.75) is 45.6 Å². The second-order valence-electron chi connectivity index (χ2n) is 9.11. The van der Waals surface area contributed by atoms with E-state index in [1.54, 1.807) is 31.2 Å². The van der Waals surface area contributed by atoms with E-state index in [-0.39, 0.29) is 43.1 Å². The molecule has 0 unspecified atom stereocenters. The fourth-order valence-corrected chi connectivity index (χ4v) is 4.20. The van der Waals surface area contributed by atoms with E-state index in [4.69, 9.17) is 9.31 Å². The molecule has 0 fully saturated rings. The van der Waals surface area contributed by atoms with Crippen molar-refractivity contribution in [2.24, 2.45) is 0 Å². The number of ketones is 1. The molecule has 2 aliphatic heterocycles. The van der Waals surface area contributed by atoms with Gasteiger partial charge in [0.2, 0.25) is 5.91 Å². The number of nitrogens with one attached hydrogen (secondary N) is 3. The van der Waals surface area contributed by atoms with Crippen molar-refractivity contribution in [2.75, 3.05) is 6.54 Å². The van der Waals surface area contributed by atoms with Gasteiger partial charge in [0, 0.05) is 24.1 Å². The van der Waals surface area contributed by atoms with E-state index >= 15 is 0 Å². The minimum atomic E-state index is -1.18. The maximum atomic E-state index is 13.1. The molecule has 0 aliphatic carbocycles.